The number of aromatic nitrogens is 1. The highest BCUT2D eigenvalue weighted by Crippen LogP contribution is 2.38. The molecule has 1 aromatic heterocycles. The van der Waals surface area contributed by atoms with Crippen molar-refractivity contribution in [3.05, 3.63) is 88.6 Å². The lowest BCUT2D eigenvalue weighted by Crippen LogP contribution is -2.53. The second-order valence-electron chi connectivity index (χ2n) is 12.7. The van der Waals surface area contributed by atoms with Crippen LogP contribution in [-0.2, 0) is 40.3 Å². The number of carbonyl (C=O) groups excluding carboxylic acids is 4. The number of urea groups is 1. The molecule has 2 aliphatic rings. The number of rotatable bonds is 9. The van der Waals surface area contributed by atoms with Crippen LogP contribution >= 0.6 is 0 Å². The predicted octanol–water partition coefficient (Wildman–Crippen LogP) is 4.03. The monoisotopic (exact) mass is 639 g/mol. The van der Waals surface area contributed by atoms with E-state index in [1.165, 1.54) is 0 Å². The summed E-state index contributed by atoms with van der Waals surface area (Å²) in [6.45, 7) is 3.76. The zero-order valence-corrected chi connectivity index (χ0v) is 27.8. The summed E-state index contributed by atoms with van der Waals surface area (Å²) in [5.41, 5.74) is 4.66. The molecule has 0 aliphatic carbocycles. The lowest BCUT2D eigenvalue weighted by Gasteiger charge is -2.43. The number of nitrogens with one attached hydrogen (secondary N) is 3. The average molecular weight is 640 g/mol. The molecule has 0 bridgehead atoms. The first-order chi connectivity index (χ1) is 22.6. The van der Waals surface area contributed by atoms with Gasteiger partial charge in [0, 0.05) is 58.6 Å². The van der Waals surface area contributed by atoms with E-state index in [0.29, 0.717) is 56.8 Å². The fourth-order valence-corrected chi connectivity index (χ4v) is 6.61. The van der Waals surface area contributed by atoms with Gasteiger partial charge >= 0.3 is 6.03 Å². The molecule has 3 N–H and O–H groups in total. The van der Waals surface area contributed by atoms with Crippen molar-refractivity contribution in [3.8, 4) is 0 Å². The minimum atomic E-state index is -0.678. The van der Waals surface area contributed by atoms with Crippen molar-refractivity contribution < 1.29 is 19.2 Å². The molecule has 2 aliphatic heterocycles. The molecule has 0 unspecified atom stereocenters. The van der Waals surface area contributed by atoms with Gasteiger partial charge in [0.2, 0.25) is 17.7 Å². The van der Waals surface area contributed by atoms with Crippen LogP contribution in [0, 0.1) is 5.41 Å². The van der Waals surface area contributed by atoms with Crippen molar-refractivity contribution in [2.45, 2.75) is 52.1 Å². The van der Waals surface area contributed by atoms with Gasteiger partial charge in [-0.05, 0) is 72.3 Å². The Morgan fingerprint density at radius 3 is 2.40 bits per heavy atom. The Balaban J connectivity index is 1.37. The molecule has 3 aromatic rings. The number of likely N-dealkylation sites (tertiary alicyclic amines) is 1. The fourth-order valence-electron chi connectivity index (χ4n) is 6.61. The van der Waals surface area contributed by atoms with E-state index < -0.39 is 5.41 Å². The number of pyridine rings is 1. The van der Waals surface area contributed by atoms with E-state index in [1.807, 2.05) is 68.6 Å². The van der Waals surface area contributed by atoms with Crippen LogP contribution in [0.1, 0.15) is 54.0 Å². The molecular weight excluding hydrogens is 594 g/mol. The predicted molar refractivity (Wildman–Crippen MR) is 182 cm³/mol. The van der Waals surface area contributed by atoms with E-state index >= 15 is 0 Å². The standard InChI is InChI=1S/C36H45N7O4/c1-5-36(14-17-42(18-15-36)35(47)41(3)4)34(46)43(23-28-10-7-6-9-27(28)22-37-2)24-32(45)39-30-13-12-25-19-26-11-8-16-38-33(26)40-31(44)21-29(25)20-30/h6-13,16,20,37H,5,14-15,17-19,21-24H2,1-4H3,(H,39,45)(H,38,40,44). The van der Waals surface area contributed by atoms with E-state index in [-0.39, 0.29) is 43.3 Å². The Bertz CT molecular complexity index is 1630. The molecule has 2 aromatic carbocycles. The van der Waals surface area contributed by atoms with E-state index in [4.69, 9.17) is 0 Å². The third kappa shape index (κ3) is 7.79. The van der Waals surface area contributed by atoms with E-state index in [0.717, 1.165) is 27.8 Å². The summed E-state index contributed by atoms with van der Waals surface area (Å²) in [4.78, 5) is 62.9. The van der Waals surface area contributed by atoms with Crippen molar-refractivity contribution >= 4 is 35.3 Å². The van der Waals surface area contributed by atoms with Crippen LogP contribution in [0.4, 0.5) is 16.3 Å². The normalized spacial score (nSPS) is 15.3. The summed E-state index contributed by atoms with van der Waals surface area (Å²) in [6, 6.07) is 17.3. The number of nitrogens with zero attached hydrogens (tertiary/aromatic N) is 4. The minimum Gasteiger partial charge on any atom is -0.331 e. The molecular formula is C36H45N7O4. The van der Waals surface area contributed by atoms with Crippen molar-refractivity contribution in [3.63, 3.8) is 0 Å². The Hall–Kier alpha value is -4.77. The molecule has 0 atom stereocenters. The van der Waals surface area contributed by atoms with Crippen LogP contribution in [-0.4, -0.2) is 84.2 Å². The number of anilines is 2. The van der Waals surface area contributed by atoms with Crippen LogP contribution in [0.3, 0.4) is 0 Å². The van der Waals surface area contributed by atoms with Gasteiger partial charge in [-0.25, -0.2) is 9.78 Å². The molecule has 47 heavy (non-hydrogen) atoms. The summed E-state index contributed by atoms with van der Waals surface area (Å²) >= 11 is 0. The first kappa shape index (κ1) is 33.6. The van der Waals surface area contributed by atoms with Gasteiger partial charge in [-0.1, -0.05) is 43.3 Å². The summed E-state index contributed by atoms with van der Waals surface area (Å²) in [5.74, 6) is 0.00480. The maximum absolute atomic E-state index is 14.5. The molecule has 5 rings (SSSR count). The van der Waals surface area contributed by atoms with Gasteiger partial charge in [0.05, 0.1) is 11.8 Å². The Morgan fingerprint density at radius 2 is 1.70 bits per heavy atom. The van der Waals surface area contributed by atoms with Crippen molar-refractivity contribution in [2.24, 2.45) is 5.41 Å². The molecule has 1 fully saturated rings. The Labute approximate surface area is 276 Å². The van der Waals surface area contributed by atoms with Crippen LogP contribution in [0.25, 0.3) is 0 Å². The van der Waals surface area contributed by atoms with Gasteiger partial charge in [0.1, 0.15) is 12.4 Å². The zero-order chi connectivity index (χ0) is 33.6. The average Bonchev–Trinajstić information content (AvgIpc) is 3.06. The highest BCUT2D eigenvalue weighted by molar-refractivity contribution is 5.96. The van der Waals surface area contributed by atoms with E-state index in [9.17, 15) is 19.2 Å². The zero-order valence-electron chi connectivity index (χ0n) is 27.8. The lowest BCUT2D eigenvalue weighted by atomic mass is 9.74. The van der Waals surface area contributed by atoms with Gasteiger partial charge in [-0.3, -0.25) is 14.4 Å². The highest BCUT2D eigenvalue weighted by atomic mass is 16.2. The third-order valence-electron chi connectivity index (χ3n) is 9.34. The fraction of sp³-hybridized carbons (Fsp3) is 0.417. The first-order valence-corrected chi connectivity index (χ1v) is 16.2. The van der Waals surface area contributed by atoms with Crippen LogP contribution in [0.5, 0.6) is 0 Å². The van der Waals surface area contributed by atoms with Crippen molar-refractivity contribution in [2.75, 3.05) is 51.4 Å². The molecule has 1 saturated heterocycles. The third-order valence-corrected chi connectivity index (χ3v) is 9.34. The summed E-state index contributed by atoms with van der Waals surface area (Å²) in [6.07, 6.45) is 4.10. The van der Waals surface area contributed by atoms with Gasteiger partial charge in [-0.15, -0.1) is 0 Å². The second kappa shape index (κ2) is 14.8. The molecule has 11 nitrogen and oxygen atoms in total. The smallest absolute Gasteiger partial charge is 0.319 e. The topological polar surface area (TPSA) is 127 Å². The molecule has 0 spiro atoms. The number of hydrogen-bond donors (Lipinski definition) is 3. The quantitative estimate of drug-likeness (QED) is 0.325. The van der Waals surface area contributed by atoms with Gasteiger partial charge in [-0.2, -0.15) is 0 Å². The van der Waals surface area contributed by atoms with Crippen molar-refractivity contribution in [1.29, 1.82) is 0 Å². The van der Waals surface area contributed by atoms with Crippen LogP contribution in [0.15, 0.2) is 60.8 Å². The number of amides is 5. The second-order valence-corrected chi connectivity index (χ2v) is 12.7. The maximum Gasteiger partial charge on any atom is 0.319 e. The lowest BCUT2D eigenvalue weighted by molar-refractivity contribution is -0.147. The van der Waals surface area contributed by atoms with Gasteiger partial charge in [0.15, 0.2) is 0 Å². The number of carbonyl (C=O) groups is 4. The minimum absolute atomic E-state index is 0.0610. The largest absolute Gasteiger partial charge is 0.331 e. The molecule has 11 heteroatoms. The van der Waals surface area contributed by atoms with Crippen LogP contribution in [0.2, 0.25) is 0 Å². The Morgan fingerprint density at radius 1 is 0.957 bits per heavy atom. The molecule has 3 heterocycles. The summed E-state index contributed by atoms with van der Waals surface area (Å²) < 4.78 is 0. The van der Waals surface area contributed by atoms with Crippen molar-refractivity contribution in [1.82, 2.24) is 25.0 Å². The summed E-state index contributed by atoms with van der Waals surface area (Å²) in [7, 11) is 5.34. The van der Waals surface area contributed by atoms with E-state index in [1.54, 1.807) is 35.0 Å². The summed E-state index contributed by atoms with van der Waals surface area (Å²) in [5, 5.41) is 9.07. The number of benzene rings is 2. The SMILES string of the molecule is CCC1(C(=O)N(CC(=O)Nc2ccc3c(c2)CC(=O)Nc2ncccc2C3)Cc2ccccc2CNC)CCN(C(=O)N(C)C)CC1. The van der Waals surface area contributed by atoms with Gasteiger partial charge in [0.25, 0.3) is 0 Å². The van der Waals surface area contributed by atoms with Gasteiger partial charge < -0.3 is 30.7 Å². The Kier molecular flexibility index (Phi) is 10.6. The molecule has 5 amide bonds. The number of hydrogen-bond acceptors (Lipinski definition) is 6. The molecule has 248 valence electrons. The molecule has 0 saturated carbocycles. The molecule has 0 radical (unpaired) electrons. The maximum atomic E-state index is 14.5. The number of fused-ring (bicyclic) bond motifs is 2. The highest BCUT2D eigenvalue weighted by Gasteiger charge is 2.43. The van der Waals surface area contributed by atoms with E-state index in [2.05, 4.69) is 20.9 Å². The van der Waals surface area contributed by atoms with Crippen LogP contribution < -0.4 is 16.0 Å². The first-order valence-electron chi connectivity index (χ1n) is 16.2. The number of piperidine rings is 1.